The maximum Gasteiger partial charge on any atom is 0.417 e. The lowest BCUT2D eigenvalue weighted by Crippen LogP contribution is -2.31. The summed E-state index contributed by atoms with van der Waals surface area (Å²) in [6, 6.07) is 43.0. The van der Waals surface area contributed by atoms with Crippen LogP contribution in [0.1, 0.15) is 63.7 Å². The van der Waals surface area contributed by atoms with E-state index in [1.165, 1.54) is 0 Å². The van der Waals surface area contributed by atoms with Crippen LogP contribution < -0.4 is 4.90 Å². The van der Waals surface area contributed by atoms with E-state index in [0.29, 0.717) is 27.6 Å². The molecule has 0 aromatic heterocycles. The molecule has 0 atom stereocenters. The molecule has 1 aliphatic carbocycles. The minimum absolute atomic E-state index is 0.138. The number of anilines is 3. The van der Waals surface area contributed by atoms with Gasteiger partial charge in [0.25, 0.3) is 0 Å². The molecule has 0 radical (unpaired) electrons. The first kappa shape index (κ1) is 35.9. The van der Waals surface area contributed by atoms with Crippen LogP contribution in [0.25, 0.3) is 49.2 Å². The van der Waals surface area contributed by atoms with Crippen molar-refractivity contribution >= 4 is 77.8 Å². The molecule has 0 bridgehead atoms. The van der Waals surface area contributed by atoms with Crippen molar-refractivity contribution in [2.24, 2.45) is 0 Å². The Kier molecular flexibility index (Phi) is 8.29. The van der Waals surface area contributed by atoms with E-state index in [-0.39, 0.29) is 27.9 Å². The van der Waals surface area contributed by atoms with Crippen LogP contribution in [0.4, 0.5) is 30.2 Å². The fourth-order valence-corrected chi connectivity index (χ4v) is 8.93. The SMILES string of the molecule is C=CC.CC1(C)c2ccccc2N(c2c3ccccc3c(C(F)(F)F)c3ccccc23)c2ccc3cc(C=C4C(=O)c5cc6ccccc6cc5C4=O)ccc3c21. The van der Waals surface area contributed by atoms with Gasteiger partial charge in [0, 0.05) is 27.3 Å². The quantitative estimate of drug-likeness (QED) is 0.0764. The first-order valence-electron chi connectivity index (χ1n) is 18.8. The van der Waals surface area contributed by atoms with Crippen molar-refractivity contribution in [3.05, 3.63) is 191 Å². The Bertz CT molecular complexity index is 2950. The lowest BCUT2D eigenvalue weighted by atomic mass is 9.71. The highest BCUT2D eigenvalue weighted by molar-refractivity contribution is 6.42. The third-order valence-corrected chi connectivity index (χ3v) is 11.3. The van der Waals surface area contributed by atoms with Gasteiger partial charge >= 0.3 is 6.18 Å². The first-order valence-corrected chi connectivity index (χ1v) is 18.8. The van der Waals surface area contributed by atoms with E-state index in [9.17, 15) is 22.8 Å². The summed E-state index contributed by atoms with van der Waals surface area (Å²) in [7, 11) is 0. The number of benzene rings is 8. The van der Waals surface area contributed by atoms with E-state index in [1.54, 1.807) is 72.8 Å². The molecule has 0 unspecified atom stereocenters. The molecule has 8 aromatic rings. The van der Waals surface area contributed by atoms with Crippen LogP contribution in [-0.2, 0) is 11.6 Å². The van der Waals surface area contributed by atoms with E-state index in [0.717, 1.165) is 49.6 Å². The molecule has 0 amide bonds. The summed E-state index contributed by atoms with van der Waals surface area (Å²) in [5.74, 6) is -0.564. The number of alkyl halides is 3. The van der Waals surface area contributed by atoms with Crippen LogP contribution in [0.3, 0.4) is 0 Å². The lowest BCUT2D eigenvalue weighted by Gasteiger charge is -2.43. The molecule has 278 valence electrons. The highest BCUT2D eigenvalue weighted by atomic mass is 19.4. The Morgan fingerprint density at radius 1 is 0.596 bits per heavy atom. The topological polar surface area (TPSA) is 37.4 Å². The summed E-state index contributed by atoms with van der Waals surface area (Å²) in [5, 5.41) is 5.00. The fourth-order valence-electron chi connectivity index (χ4n) is 8.93. The zero-order valence-corrected chi connectivity index (χ0v) is 31.5. The van der Waals surface area contributed by atoms with Gasteiger partial charge in [-0.15, -0.1) is 6.58 Å². The van der Waals surface area contributed by atoms with Gasteiger partial charge in [0.2, 0.25) is 0 Å². The summed E-state index contributed by atoms with van der Waals surface area (Å²) < 4.78 is 44.6. The molecule has 1 aliphatic heterocycles. The molecule has 0 saturated carbocycles. The van der Waals surface area contributed by atoms with E-state index in [2.05, 4.69) is 31.4 Å². The zero-order chi connectivity index (χ0) is 39.8. The van der Waals surface area contributed by atoms with Gasteiger partial charge in [0.05, 0.1) is 28.2 Å². The zero-order valence-electron chi connectivity index (χ0n) is 31.5. The van der Waals surface area contributed by atoms with Crippen molar-refractivity contribution in [2.75, 3.05) is 4.90 Å². The van der Waals surface area contributed by atoms with Crippen molar-refractivity contribution < 1.29 is 22.8 Å². The lowest BCUT2D eigenvalue weighted by molar-refractivity contribution is -0.135. The molecular weight excluding hydrogens is 716 g/mol. The van der Waals surface area contributed by atoms with E-state index in [4.69, 9.17) is 0 Å². The molecule has 3 nitrogen and oxygen atoms in total. The molecule has 0 spiro atoms. The number of fused-ring (bicyclic) bond motifs is 8. The number of allylic oxidation sites excluding steroid dienone is 2. The van der Waals surface area contributed by atoms with Gasteiger partial charge in [-0.3, -0.25) is 9.59 Å². The van der Waals surface area contributed by atoms with Crippen LogP contribution in [0.2, 0.25) is 0 Å². The summed E-state index contributed by atoms with van der Waals surface area (Å²) in [6.07, 6.45) is -1.13. The summed E-state index contributed by atoms with van der Waals surface area (Å²) >= 11 is 0. The Balaban J connectivity index is 0.00000137. The first-order chi connectivity index (χ1) is 27.4. The number of carbonyl (C=O) groups is 2. The summed E-state index contributed by atoms with van der Waals surface area (Å²) in [5.41, 5.74) is 5.08. The summed E-state index contributed by atoms with van der Waals surface area (Å²) in [6.45, 7) is 9.61. The molecule has 57 heavy (non-hydrogen) atoms. The largest absolute Gasteiger partial charge is 0.417 e. The van der Waals surface area contributed by atoms with Crippen LogP contribution >= 0.6 is 0 Å². The molecule has 6 heteroatoms. The van der Waals surface area contributed by atoms with E-state index >= 15 is 0 Å². The molecule has 0 N–H and O–H groups in total. The van der Waals surface area contributed by atoms with Crippen molar-refractivity contribution in [3.63, 3.8) is 0 Å². The minimum atomic E-state index is -4.56. The third-order valence-electron chi connectivity index (χ3n) is 11.3. The van der Waals surface area contributed by atoms with Gasteiger partial charge in [0.15, 0.2) is 11.6 Å². The molecule has 2 aliphatic rings. The Morgan fingerprint density at radius 3 is 1.70 bits per heavy atom. The normalized spacial score (nSPS) is 14.4. The van der Waals surface area contributed by atoms with Crippen molar-refractivity contribution in [1.29, 1.82) is 0 Å². The predicted octanol–water partition coefficient (Wildman–Crippen LogP) is 14.1. The third kappa shape index (κ3) is 5.50. The predicted molar refractivity (Wildman–Crippen MR) is 227 cm³/mol. The fraction of sp³-hybridized carbons (Fsp3) is 0.0980. The second-order valence-electron chi connectivity index (χ2n) is 15.1. The molecule has 10 rings (SSSR count). The molecular formula is C51H36F3NO2. The molecule has 1 heterocycles. The number of rotatable bonds is 2. The average Bonchev–Trinajstić information content (AvgIpc) is 3.42. The van der Waals surface area contributed by atoms with Gasteiger partial charge in [-0.2, -0.15) is 13.2 Å². The van der Waals surface area contributed by atoms with Crippen LogP contribution in [-0.4, -0.2) is 11.6 Å². The Hall–Kier alpha value is -6.79. The van der Waals surface area contributed by atoms with E-state index in [1.807, 2.05) is 79.7 Å². The second-order valence-corrected chi connectivity index (χ2v) is 15.1. The number of Topliss-reactive ketones (excluding diaryl/α,β-unsaturated/α-hetero) is 2. The monoisotopic (exact) mass is 751 g/mol. The maximum absolute atomic E-state index is 14.9. The van der Waals surface area contributed by atoms with Gasteiger partial charge in [-0.25, -0.2) is 0 Å². The van der Waals surface area contributed by atoms with Gasteiger partial charge in [-0.1, -0.05) is 129 Å². The number of para-hydroxylation sites is 1. The van der Waals surface area contributed by atoms with Gasteiger partial charge < -0.3 is 4.90 Å². The number of ketones is 2. The van der Waals surface area contributed by atoms with Crippen molar-refractivity contribution in [3.8, 4) is 0 Å². The number of carbonyl (C=O) groups excluding carboxylic acids is 2. The maximum atomic E-state index is 14.9. The number of nitrogens with zero attached hydrogens (tertiary/aromatic N) is 1. The average molecular weight is 752 g/mol. The number of hydrogen-bond acceptors (Lipinski definition) is 3. The van der Waals surface area contributed by atoms with Crippen LogP contribution in [0.15, 0.2) is 158 Å². The smallest absolute Gasteiger partial charge is 0.309 e. The number of halogens is 3. The molecule has 0 fully saturated rings. The Morgan fingerprint density at radius 2 is 1.12 bits per heavy atom. The minimum Gasteiger partial charge on any atom is -0.309 e. The van der Waals surface area contributed by atoms with Crippen LogP contribution in [0.5, 0.6) is 0 Å². The molecule has 8 aromatic carbocycles. The van der Waals surface area contributed by atoms with Gasteiger partial charge in [0.1, 0.15) is 0 Å². The van der Waals surface area contributed by atoms with Crippen molar-refractivity contribution in [1.82, 2.24) is 0 Å². The van der Waals surface area contributed by atoms with Gasteiger partial charge in [-0.05, 0) is 92.3 Å². The standard InChI is InChI=1S/C48H30F3NO2.C3H6/c1-47(2)39-17-9-10-18-40(39)52(44-34-15-7-5-13-32(34)42(48(49,50)51)33-14-6-8-16-35(33)44)41-22-20-30-23-27(19-21-31(30)43(41)47)24-38-45(53)36-25-28-11-3-4-12-29(28)26-37(36)46(38)54;1-3-2/h3-26H,1-2H3;3H,1H2,2H3. The highest BCUT2D eigenvalue weighted by Crippen LogP contribution is 2.57. The van der Waals surface area contributed by atoms with Crippen molar-refractivity contribution in [2.45, 2.75) is 32.4 Å². The second kappa shape index (κ2) is 13.2. The van der Waals surface area contributed by atoms with Crippen LogP contribution in [0, 0.1) is 0 Å². The van der Waals surface area contributed by atoms with E-state index < -0.39 is 17.2 Å². The Labute approximate surface area is 328 Å². The summed E-state index contributed by atoms with van der Waals surface area (Å²) in [4.78, 5) is 29.3. The molecule has 0 saturated heterocycles. The highest BCUT2D eigenvalue weighted by Gasteiger charge is 2.41. The number of hydrogen-bond donors (Lipinski definition) is 0.